The van der Waals surface area contributed by atoms with E-state index in [1.807, 2.05) is 19.1 Å². The Hall–Kier alpha value is -2.71. The Kier molecular flexibility index (Phi) is 4.68. The number of nitrogens with one attached hydrogen (secondary N) is 1. The lowest BCUT2D eigenvalue weighted by molar-refractivity contribution is 0.591. The van der Waals surface area contributed by atoms with Crippen molar-refractivity contribution in [2.24, 2.45) is 0 Å². The molecule has 0 fully saturated rings. The smallest absolute Gasteiger partial charge is 0.265 e. The SMILES string of the molecule is CNc1nc(Cl)nc2c1C(c1ccncc1)CN2S(=O)(=O)c1ccc(C)cc1. The van der Waals surface area contributed by atoms with Crippen LogP contribution in [0, 0.1) is 6.92 Å². The van der Waals surface area contributed by atoms with Crippen LogP contribution in [0.5, 0.6) is 0 Å². The molecular formula is C19H18ClN5O2S. The Morgan fingerprint density at radius 2 is 1.79 bits per heavy atom. The van der Waals surface area contributed by atoms with Crippen LogP contribution in [0.3, 0.4) is 0 Å². The third-order valence-corrected chi connectivity index (χ3v) is 6.72. The molecule has 1 aromatic carbocycles. The van der Waals surface area contributed by atoms with Crippen molar-refractivity contribution in [3.8, 4) is 0 Å². The molecule has 1 aliphatic heterocycles. The lowest BCUT2D eigenvalue weighted by atomic mass is 9.95. The number of hydrogen-bond donors (Lipinski definition) is 1. The average molecular weight is 416 g/mol. The van der Waals surface area contributed by atoms with E-state index in [1.54, 1.807) is 43.7 Å². The number of nitrogens with zero attached hydrogens (tertiary/aromatic N) is 4. The molecule has 3 heterocycles. The Labute approximate surface area is 168 Å². The summed E-state index contributed by atoms with van der Waals surface area (Å²) in [5.74, 6) is 0.572. The molecule has 0 spiro atoms. The highest BCUT2D eigenvalue weighted by Gasteiger charge is 2.41. The summed E-state index contributed by atoms with van der Waals surface area (Å²) in [4.78, 5) is 12.8. The molecule has 0 amide bonds. The summed E-state index contributed by atoms with van der Waals surface area (Å²) in [6.45, 7) is 2.12. The van der Waals surface area contributed by atoms with Crippen molar-refractivity contribution in [2.75, 3.05) is 23.2 Å². The van der Waals surface area contributed by atoms with Crippen molar-refractivity contribution in [2.45, 2.75) is 17.7 Å². The molecule has 1 atom stereocenters. The van der Waals surface area contributed by atoms with Crippen LogP contribution in [-0.2, 0) is 10.0 Å². The molecule has 4 rings (SSSR count). The van der Waals surface area contributed by atoms with E-state index in [1.165, 1.54) is 4.31 Å². The van der Waals surface area contributed by atoms with Gasteiger partial charge >= 0.3 is 0 Å². The standard InChI is InChI=1S/C19H18ClN5O2S/c1-12-3-5-14(6-4-12)28(26,27)25-11-15(13-7-9-22-10-8-13)16-17(21-2)23-19(20)24-18(16)25/h3-10,15H,11H2,1-2H3,(H,21,23,24). The maximum atomic E-state index is 13.4. The molecule has 1 N–H and O–H groups in total. The van der Waals surface area contributed by atoms with Crippen LogP contribution in [0.2, 0.25) is 5.28 Å². The summed E-state index contributed by atoms with van der Waals surface area (Å²) in [6, 6.07) is 10.5. The minimum absolute atomic E-state index is 0.0115. The van der Waals surface area contributed by atoms with Gasteiger partial charge in [-0.1, -0.05) is 17.7 Å². The molecule has 9 heteroatoms. The van der Waals surface area contributed by atoms with E-state index in [0.29, 0.717) is 17.2 Å². The first-order valence-corrected chi connectivity index (χ1v) is 10.5. The van der Waals surface area contributed by atoms with Gasteiger partial charge < -0.3 is 5.32 Å². The number of aromatic nitrogens is 3. The lowest BCUT2D eigenvalue weighted by Gasteiger charge is -2.19. The second-order valence-electron chi connectivity index (χ2n) is 6.51. The molecule has 1 unspecified atom stereocenters. The Balaban J connectivity index is 1.90. The van der Waals surface area contributed by atoms with E-state index < -0.39 is 10.0 Å². The van der Waals surface area contributed by atoms with Crippen LogP contribution >= 0.6 is 11.6 Å². The van der Waals surface area contributed by atoms with Crippen molar-refractivity contribution in [1.29, 1.82) is 0 Å². The number of hydrogen-bond acceptors (Lipinski definition) is 6. The predicted octanol–water partition coefficient (Wildman–Crippen LogP) is 3.22. The van der Waals surface area contributed by atoms with Crippen molar-refractivity contribution in [1.82, 2.24) is 15.0 Å². The normalized spacial score (nSPS) is 16.1. The predicted molar refractivity (Wildman–Crippen MR) is 108 cm³/mol. The topological polar surface area (TPSA) is 88.1 Å². The zero-order chi connectivity index (χ0) is 19.9. The van der Waals surface area contributed by atoms with Gasteiger partial charge in [-0.2, -0.15) is 4.98 Å². The summed E-state index contributed by atoms with van der Waals surface area (Å²) in [5.41, 5.74) is 2.62. The number of rotatable bonds is 4. The van der Waals surface area contributed by atoms with E-state index in [9.17, 15) is 8.42 Å². The monoisotopic (exact) mass is 415 g/mol. The van der Waals surface area contributed by atoms with Gasteiger partial charge in [-0.15, -0.1) is 0 Å². The molecule has 7 nitrogen and oxygen atoms in total. The van der Waals surface area contributed by atoms with Gasteiger partial charge in [0.1, 0.15) is 5.82 Å². The third kappa shape index (κ3) is 3.08. The molecule has 1 aliphatic rings. The largest absolute Gasteiger partial charge is 0.373 e. The average Bonchev–Trinajstić information content (AvgIpc) is 3.08. The summed E-state index contributed by atoms with van der Waals surface area (Å²) < 4.78 is 28.1. The van der Waals surface area contributed by atoms with Crippen LogP contribution < -0.4 is 9.62 Å². The zero-order valence-corrected chi connectivity index (χ0v) is 16.9. The van der Waals surface area contributed by atoms with Gasteiger partial charge in [0, 0.05) is 37.5 Å². The van der Waals surface area contributed by atoms with Gasteiger partial charge in [0.15, 0.2) is 5.82 Å². The van der Waals surface area contributed by atoms with Crippen molar-refractivity contribution in [3.63, 3.8) is 0 Å². The summed E-state index contributed by atoms with van der Waals surface area (Å²) in [5, 5.41) is 3.00. The molecule has 0 saturated heterocycles. The Morgan fingerprint density at radius 3 is 2.43 bits per heavy atom. The summed E-state index contributed by atoms with van der Waals surface area (Å²) in [7, 11) is -2.09. The van der Waals surface area contributed by atoms with E-state index in [0.717, 1.165) is 11.1 Å². The van der Waals surface area contributed by atoms with E-state index in [2.05, 4.69) is 20.3 Å². The van der Waals surface area contributed by atoms with E-state index >= 15 is 0 Å². The fourth-order valence-corrected chi connectivity index (χ4v) is 5.00. The van der Waals surface area contributed by atoms with Crippen molar-refractivity contribution < 1.29 is 8.42 Å². The zero-order valence-electron chi connectivity index (χ0n) is 15.3. The van der Waals surface area contributed by atoms with Crippen LogP contribution in [0.15, 0.2) is 53.7 Å². The molecule has 0 radical (unpaired) electrons. The van der Waals surface area contributed by atoms with Gasteiger partial charge in [0.05, 0.1) is 4.90 Å². The highest BCUT2D eigenvalue weighted by Crippen LogP contribution is 2.45. The van der Waals surface area contributed by atoms with Crippen LogP contribution in [-0.4, -0.2) is 37.0 Å². The summed E-state index contributed by atoms with van der Waals surface area (Å²) >= 11 is 6.09. The maximum absolute atomic E-state index is 13.4. The molecule has 2 aromatic heterocycles. The first kappa shape index (κ1) is 18.6. The number of halogens is 1. The Bertz CT molecular complexity index is 1120. The molecule has 0 aliphatic carbocycles. The highest BCUT2D eigenvalue weighted by molar-refractivity contribution is 7.92. The minimum Gasteiger partial charge on any atom is -0.373 e. The van der Waals surface area contributed by atoms with Crippen molar-refractivity contribution in [3.05, 3.63) is 70.8 Å². The number of pyridine rings is 1. The molecular weight excluding hydrogens is 398 g/mol. The molecule has 0 bridgehead atoms. The van der Waals surface area contributed by atoms with Crippen LogP contribution in [0.25, 0.3) is 0 Å². The van der Waals surface area contributed by atoms with Crippen LogP contribution in [0.4, 0.5) is 11.6 Å². The first-order valence-electron chi connectivity index (χ1n) is 8.66. The van der Waals surface area contributed by atoms with Crippen LogP contribution in [0.1, 0.15) is 22.6 Å². The lowest BCUT2D eigenvalue weighted by Crippen LogP contribution is -2.30. The molecule has 3 aromatic rings. The fourth-order valence-electron chi connectivity index (χ4n) is 3.39. The van der Waals surface area contributed by atoms with Crippen molar-refractivity contribution >= 4 is 33.3 Å². The highest BCUT2D eigenvalue weighted by atomic mass is 35.5. The number of benzene rings is 1. The van der Waals surface area contributed by atoms with E-state index in [-0.39, 0.29) is 22.6 Å². The first-order chi connectivity index (χ1) is 13.4. The van der Waals surface area contributed by atoms with Gasteiger partial charge in [-0.3, -0.25) is 4.98 Å². The number of fused-ring (bicyclic) bond motifs is 1. The Morgan fingerprint density at radius 1 is 1.11 bits per heavy atom. The van der Waals surface area contributed by atoms with Gasteiger partial charge in [0.2, 0.25) is 5.28 Å². The molecule has 144 valence electrons. The van der Waals surface area contributed by atoms with E-state index in [4.69, 9.17) is 11.6 Å². The maximum Gasteiger partial charge on any atom is 0.265 e. The van der Waals surface area contributed by atoms with Gasteiger partial charge in [-0.25, -0.2) is 17.7 Å². The summed E-state index contributed by atoms with van der Waals surface area (Å²) in [6.07, 6.45) is 3.37. The second kappa shape index (κ2) is 7.03. The molecule has 28 heavy (non-hydrogen) atoms. The fraction of sp³-hybridized carbons (Fsp3) is 0.211. The number of aryl methyl sites for hydroxylation is 1. The molecule has 0 saturated carbocycles. The number of sulfonamides is 1. The van der Waals surface area contributed by atoms with Gasteiger partial charge in [0.25, 0.3) is 10.0 Å². The quantitative estimate of drug-likeness (QED) is 0.658. The minimum atomic E-state index is -3.81. The second-order valence-corrected chi connectivity index (χ2v) is 8.71. The third-order valence-electron chi connectivity index (χ3n) is 4.79. The van der Waals surface area contributed by atoms with Gasteiger partial charge in [-0.05, 0) is 48.4 Å². The number of anilines is 2.